The van der Waals surface area contributed by atoms with E-state index in [0.29, 0.717) is 17.5 Å². The summed E-state index contributed by atoms with van der Waals surface area (Å²) in [6, 6.07) is 67.1. The summed E-state index contributed by atoms with van der Waals surface area (Å²) in [5.41, 5.74) is 14.9. The highest BCUT2D eigenvalue weighted by molar-refractivity contribution is 6.23. The summed E-state index contributed by atoms with van der Waals surface area (Å²) in [7, 11) is 0. The number of aromatic nitrogens is 5. The van der Waals surface area contributed by atoms with Crippen LogP contribution in [0.25, 0.3) is 100 Å². The molecule has 0 N–H and O–H groups in total. The van der Waals surface area contributed by atoms with Crippen LogP contribution >= 0.6 is 0 Å². The molecule has 59 heavy (non-hydrogen) atoms. The van der Waals surface area contributed by atoms with Crippen molar-refractivity contribution in [1.82, 2.24) is 24.1 Å². The van der Waals surface area contributed by atoms with Gasteiger partial charge in [-0.15, -0.1) is 0 Å². The second-order valence-corrected chi connectivity index (χ2v) is 16.1. The Kier molecular flexibility index (Phi) is 7.20. The molecule has 1 aliphatic carbocycles. The van der Waals surface area contributed by atoms with Crippen LogP contribution in [0.2, 0.25) is 0 Å². The first-order valence-corrected chi connectivity index (χ1v) is 20.2. The van der Waals surface area contributed by atoms with E-state index in [1.807, 2.05) is 60.7 Å². The molecule has 1 aliphatic rings. The van der Waals surface area contributed by atoms with Crippen LogP contribution in [0.5, 0.6) is 0 Å². The van der Waals surface area contributed by atoms with Crippen LogP contribution in [0, 0.1) is 0 Å². The van der Waals surface area contributed by atoms with Gasteiger partial charge in [0.2, 0.25) is 0 Å². The van der Waals surface area contributed by atoms with Gasteiger partial charge in [0.25, 0.3) is 0 Å². The Morgan fingerprint density at radius 1 is 0.356 bits per heavy atom. The maximum atomic E-state index is 5.10. The highest BCUT2D eigenvalue weighted by Crippen LogP contribution is 2.50. The molecule has 0 radical (unpaired) electrons. The zero-order chi connectivity index (χ0) is 39.2. The summed E-state index contributed by atoms with van der Waals surface area (Å²) in [4.78, 5) is 15.2. The van der Waals surface area contributed by atoms with E-state index in [-0.39, 0.29) is 5.41 Å². The van der Waals surface area contributed by atoms with Gasteiger partial charge in [0.1, 0.15) is 0 Å². The molecule has 12 rings (SSSR count). The first kappa shape index (κ1) is 33.5. The van der Waals surface area contributed by atoms with E-state index in [1.54, 1.807) is 0 Å². The Morgan fingerprint density at radius 3 is 1.44 bits per heavy atom. The molecule has 0 bridgehead atoms. The summed E-state index contributed by atoms with van der Waals surface area (Å²) in [6.45, 7) is 4.71. The van der Waals surface area contributed by atoms with Crippen LogP contribution in [0.3, 0.4) is 0 Å². The summed E-state index contributed by atoms with van der Waals surface area (Å²) < 4.78 is 4.94. The summed E-state index contributed by atoms with van der Waals surface area (Å²) in [6.07, 6.45) is 0. The maximum Gasteiger partial charge on any atom is 0.164 e. The Labute approximate surface area is 341 Å². The van der Waals surface area contributed by atoms with Crippen molar-refractivity contribution in [3.8, 4) is 56.7 Å². The first-order valence-electron chi connectivity index (χ1n) is 20.2. The molecule has 5 nitrogen and oxygen atoms in total. The lowest BCUT2D eigenvalue weighted by Crippen LogP contribution is -2.15. The number of para-hydroxylation sites is 2. The van der Waals surface area contributed by atoms with Crippen molar-refractivity contribution >= 4 is 43.6 Å². The van der Waals surface area contributed by atoms with Crippen LogP contribution < -0.4 is 0 Å². The lowest BCUT2D eigenvalue weighted by molar-refractivity contribution is 0.660. The largest absolute Gasteiger partial charge is 0.307 e. The van der Waals surface area contributed by atoms with Crippen molar-refractivity contribution in [2.75, 3.05) is 0 Å². The van der Waals surface area contributed by atoms with E-state index < -0.39 is 0 Å². The number of nitrogens with zero attached hydrogens (tertiary/aromatic N) is 5. The fourth-order valence-electron chi connectivity index (χ4n) is 9.59. The minimum atomic E-state index is -0.124. The number of hydrogen-bond donors (Lipinski definition) is 0. The molecule has 0 unspecified atom stereocenters. The minimum Gasteiger partial charge on any atom is -0.307 e. The summed E-state index contributed by atoms with van der Waals surface area (Å²) >= 11 is 0. The standard InChI is InChI=1S/C54H37N5/c1-54(2)45-25-12-9-22-39(45)40-29-28-38(33-46(40)54)59-48-27-14-11-24-42(48)44-31-30-43-41-23-10-13-26-47(41)58(49(43)50(44)59)37-21-15-20-36(32-37)53-56-51(34-16-5-3-6-17-34)55-52(57-53)35-18-7-4-8-19-35/h3-33H,1-2H3. The Bertz CT molecular complexity index is 3410. The van der Waals surface area contributed by atoms with Crippen LogP contribution in [0.15, 0.2) is 188 Å². The van der Waals surface area contributed by atoms with E-state index in [2.05, 4.69) is 150 Å². The third-order valence-electron chi connectivity index (χ3n) is 12.4. The van der Waals surface area contributed by atoms with Gasteiger partial charge in [-0.1, -0.05) is 166 Å². The van der Waals surface area contributed by atoms with Crippen molar-refractivity contribution in [3.05, 3.63) is 199 Å². The van der Waals surface area contributed by atoms with Gasteiger partial charge < -0.3 is 9.13 Å². The fourth-order valence-corrected chi connectivity index (χ4v) is 9.59. The average molecular weight is 756 g/mol. The normalized spacial score (nSPS) is 13.1. The second-order valence-electron chi connectivity index (χ2n) is 16.1. The van der Waals surface area contributed by atoms with Crippen molar-refractivity contribution in [3.63, 3.8) is 0 Å². The van der Waals surface area contributed by atoms with Crippen molar-refractivity contribution in [1.29, 1.82) is 0 Å². The predicted octanol–water partition coefficient (Wildman–Crippen LogP) is 13.4. The molecule has 3 aromatic heterocycles. The van der Waals surface area contributed by atoms with E-state index >= 15 is 0 Å². The number of hydrogen-bond acceptors (Lipinski definition) is 3. The van der Waals surface area contributed by atoms with Crippen molar-refractivity contribution in [2.24, 2.45) is 0 Å². The minimum absolute atomic E-state index is 0.124. The van der Waals surface area contributed by atoms with Gasteiger partial charge in [-0.2, -0.15) is 0 Å². The molecule has 278 valence electrons. The zero-order valence-corrected chi connectivity index (χ0v) is 32.6. The summed E-state index contributed by atoms with van der Waals surface area (Å²) in [5.74, 6) is 1.91. The highest BCUT2D eigenvalue weighted by Gasteiger charge is 2.35. The van der Waals surface area contributed by atoms with Gasteiger partial charge >= 0.3 is 0 Å². The molecule has 0 amide bonds. The van der Waals surface area contributed by atoms with Gasteiger partial charge in [0.05, 0.1) is 22.1 Å². The Morgan fingerprint density at radius 2 is 0.831 bits per heavy atom. The molecular weight excluding hydrogens is 719 g/mol. The molecule has 0 atom stereocenters. The van der Waals surface area contributed by atoms with E-state index in [1.165, 1.54) is 54.8 Å². The molecule has 8 aromatic carbocycles. The SMILES string of the molecule is CC1(C)c2ccccc2-c2ccc(-n3c4ccccc4c4ccc5c6ccccc6n(-c6cccc(-c7nc(-c8ccccc8)nc(-c8ccccc8)n7)c6)c5c43)cc21. The molecular formula is C54H37N5. The van der Waals surface area contributed by atoms with Gasteiger partial charge in [-0.25, -0.2) is 15.0 Å². The number of benzene rings is 8. The maximum absolute atomic E-state index is 5.10. The quantitative estimate of drug-likeness (QED) is 0.176. The Hall–Kier alpha value is -7.63. The van der Waals surface area contributed by atoms with E-state index in [9.17, 15) is 0 Å². The second kappa shape index (κ2) is 12.7. The molecule has 0 aliphatic heterocycles. The van der Waals surface area contributed by atoms with Gasteiger partial charge in [-0.3, -0.25) is 0 Å². The molecule has 3 heterocycles. The van der Waals surface area contributed by atoms with Crippen molar-refractivity contribution in [2.45, 2.75) is 19.3 Å². The molecule has 0 spiro atoms. The predicted molar refractivity (Wildman–Crippen MR) is 242 cm³/mol. The van der Waals surface area contributed by atoms with Gasteiger partial charge in [-0.05, 0) is 58.7 Å². The average Bonchev–Trinajstić information content (AvgIpc) is 3.90. The van der Waals surface area contributed by atoms with Crippen molar-refractivity contribution < 1.29 is 0 Å². The van der Waals surface area contributed by atoms with Crippen LogP contribution in [-0.4, -0.2) is 24.1 Å². The monoisotopic (exact) mass is 755 g/mol. The molecule has 0 saturated heterocycles. The Balaban J connectivity index is 1.13. The number of rotatable bonds is 5. The first-order chi connectivity index (χ1) is 29.0. The molecule has 11 aromatic rings. The third-order valence-corrected chi connectivity index (χ3v) is 12.4. The van der Waals surface area contributed by atoms with Crippen LogP contribution in [0.4, 0.5) is 0 Å². The summed E-state index contributed by atoms with van der Waals surface area (Å²) in [5, 5.41) is 4.85. The third kappa shape index (κ3) is 5.01. The molecule has 5 heteroatoms. The lowest BCUT2D eigenvalue weighted by Gasteiger charge is -2.22. The van der Waals surface area contributed by atoms with Crippen LogP contribution in [-0.2, 0) is 5.41 Å². The van der Waals surface area contributed by atoms with E-state index in [4.69, 9.17) is 15.0 Å². The van der Waals surface area contributed by atoms with Crippen LogP contribution in [0.1, 0.15) is 25.0 Å². The lowest BCUT2D eigenvalue weighted by atomic mass is 9.82. The highest BCUT2D eigenvalue weighted by atomic mass is 15.1. The number of fused-ring (bicyclic) bond motifs is 10. The fraction of sp³-hybridized carbons (Fsp3) is 0.0556. The zero-order valence-electron chi connectivity index (χ0n) is 32.6. The molecule has 0 fully saturated rings. The molecule has 0 saturated carbocycles. The van der Waals surface area contributed by atoms with Gasteiger partial charge in [0, 0.05) is 55.0 Å². The topological polar surface area (TPSA) is 48.5 Å². The van der Waals surface area contributed by atoms with E-state index in [0.717, 1.165) is 39.1 Å². The van der Waals surface area contributed by atoms with Gasteiger partial charge in [0.15, 0.2) is 17.5 Å². The smallest absolute Gasteiger partial charge is 0.164 e.